The molecule has 118 heavy (non-hydrogen) atoms. The van der Waals surface area contributed by atoms with Gasteiger partial charge in [0.05, 0.1) is 52.9 Å². The second-order valence-corrected chi connectivity index (χ2v) is 33.9. The van der Waals surface area contributed by atoms with Crippen molar-refractivity contribution >= 4 is 70.2 Å². The molecule has 6 aliphatic rings. The molecule has 638 valence electrons. The summed E-state index contributed by atoms with van der Waals surface area (Å²) < 4.78 is 158. The number of halogens is 11. The van der Waals surface area contributed by atoms with Gasteiger partial charge in [-0.3, -0.25) is 57.2 Å². The average Bonchev–Trinajstić information content (AvgIpc) is 1.57. The van der Waals surface area contributed by atoms with Crippen LogP contribution in [0, 0.1) is 82.5 Å². The molecule has 9 amide bonds. The molecule has 6 saturated carbocycles. The zero-order chi connectivity index (χ0) is 85.5. The highest BCUT2D eigenvalue weighted by Crippen LogP contribution is 2.59. The number of carbonyl (C=O) groups excluding carboxylic acids is 9. The van der Waals surface area contributed by atoms with E-state index >= 15 is 22.8 Å². The van der Waals surface area contributed by atoms with E-state index in [4.69, 9.17) is 0 Å². The van der Waals surface area contributed by atoms with Crippen LogP contribution in [0.3, 0.4) is 0 Å². The molecule has 0 aliphatic heterocycles. The molecule has 0 bridgehead atoms. The number of nitrogens with one attached hydrogen (secondary N) is 9. The van der Waals surface area contributed by atoms with Crippen LogP contribution in [0.2, 0.25) is 0 Å². The van der Waals surface area contributed by atoms with Crippen LogP contribution in [0.25, 0.3) is 0 Å². The van der Waals surface area contributed by atoms with Crippen molar-refractivity contribution in [2.45, 2.75) is 218 Å². The predicted molar refractivity (Wildman–Crippen MR) is 411 cm³/mol. The molecule has 9 N–H and O–H groups in total. The summed E-state index contributed by atoms with van der Waals surface area (Å²) in [5, 5.41) is 36.2. The van der Waals surface area contributed by atoms with Crippen molar-refractivity contribution in [2.24, 2.45) is 65.1 Å². The number of hydrogen-bond acceptors (Lipinski definition) is 12. The Bertz CT molecular complexity index is 4710. The Morgan fingerprint density at radius 3 is 1.20 bits per heavy atom. The first-order valence-corrected chi connectivity index (χ1v) is 40.3. The smallest absolute Gasteiger partial charge is 0.350 e. The van der Waals surface area contributed by atoms with Crippen molar-refractivity contribution in [1.82, 2.24) is 61.2 Å². The molecule has 35 heteroatoms. The average molecular weight is 1660 g/mol. The fourth-order valence-electron chi connectivity index (χ4n) is 17.0. The highest BCUT2D eigenvalue weighted by molar-refractivity contribution is 6.03. The number of nitrogens with zero attached hydrogens (tertiary/aromatic N) is 6. The molecule has 0 spiro atoms. The molecular formula is C83H100F11N15O9. The molecule has 3 aromatic heterocycles. The van der Waals surface area contributed by atoms with Gasteiger partial charge in [-0.05, 0) is 276 Å². The molecule has 6 aromatic rings. The molecule has 12 rings (SSSR count). The minimum absolute atomic E-state index is 0.000476. The SMILES string of the molecule is CC(C)n1nccc1C(=O)N[C@H](C(=O)Nc1ccc([C@H](C)C(=O)NCC(F)F)cc1F)C(C1CC1)C1CC1CC(C)n1nccc1C(=O)N[C@H](C(=O)Nc1ccc([C@H](C)C(=O)N[C@H](C)C(F)(F)F)cc1F)C(C1CC1)C1CC1CC(C)n1nccc1C(=O)N[C@H](C(=O)Nc1ccc(C(C)(C)C(=O)NCC(F)(F)F)cc1F)C(C1CC1)C1CC1. The predicted octanol–water partition coefficient (Wildman–Crippen LogP) is 13.2. The lowest BCUT2D eigenvalue weighted by Gasteiger charge is -2.29. The van der Waals surface area contributed by atoms with Gasteiger partial charge in [0.15, 0.2) is 0 Å². The van der Waals surface area contributed by atoms with Crippen LogP contribution in [-0.4, -0.2) is 139 Å². The number of carbonyl (C=O) groups is 9. The van der Waals surface area contributed by atoms with E-state index in [1.165, 1.54) is 115 Å². The Morgan fingerprint density at radius 2 is 0.831 bits per heavy atom. The molecule has 0 radical (unpaired) electrons. The number of anilines is 3. The van der Waals surface area contributed by atoms with E-state index in [0.717, 1.165) is 50.8 Å². The van der Waals surface area contributed by atoms with Crippen molar-refractivity contribution in [3.05, 3.63) is 143 Å². The molecule has 6 fully saturated rings. The third kappa shape index (κ3) is 20.9. The number of benzene rings is 3. The zero-order valence-electron chi connectivity index (χ0n) is 66.7. The van der Waals surface area contributed by atoms with Gasteiger partial charge in [0.25, 0.3) is 24.1 Å². The molecule has 3 aromatic carbocycles. The topological polar surface area (TPSA) is 315 Å². The first kappa shape index (κ1) is 87.1. The molecule has 6 aliphatic carbocycles. The van der Waals surface area contributed by atoms with Gasteiger partial charge in [0.1, 0.15) is 65.2 Å². The van der Waals surface area contributed by atoms with Gasteiger partial charge in [-0.15, -0.1) is 0 Å². The maximum Gasteiger partial charge on any atom is 0.408 e. The van der Waals surface area contributed by atoms with Crippen molar-refractivity contribution in [3.63, 3.8) is 0 Å². The van der Waals surface area contributed by atoms with Crippen LogP contribution >= 0.6 is 0 Å². The van der Waals surface area contributed by atoms with Crippen molar-refractivity contribution in [1.29, 1.82) is 0 Å². The van der Waals surface area contributed by atoms with E-state index in [9.17, 15) is 68.7 Å². The molecular weight excluding hydrogens is 1560 g/mol. The molecule has 0 saturated heterocycles. The number of rotatable bonds is 38. The van der Waals surface area contributed by atoms with Crippen molar-refractivity contribution < 1.29 is 91.4 Å². The largest absolute Gasteiger partial charge is 0.408 e. The lowest BCUT2D eigenvalue weighted by atomic mass is 9.83. The first-order chi connectivity index (χ1) is 55.7. The summed E-state index contributed by atoms with van der Waals surface area (Å²) in [4.78, 5) is 127. The summed E-state index contributed by atoms with van der Waals surface area (Å²) >= 11 is 0. The molecule has 24 nitrogen and oxygen atoms in total. The fourth-order valence-corrected chi connectivity index (χ4v) is 17.0. The third-order valence-electron chi connectivity index (χ3n) is 24.3. The summed E-state index contributed by atoms with van der Waals surface area (Å²) in [6.07, 6.45) is -0.169. The van der Waals surface area contributed by atoms with Gasteiger partial charge in [-0.2, -0.15) is 41.6 Å². The summed E-state index contributed by atoms with van der Waals surface area (Å²) in [5.41, 5.74) is -2.02. The van der Waals surface area contributed by atoms with Gasteiger partial charge in [-0.25, -0.2) is 22.0 Å². The first-order valence-electron chi connectivity index (χ1n) is 40.3. The molecule has 8 unspecified atom stereocenters. The summed E-state index contributed by atoms with van der Waals surface area (Å²) in [5.74, 6) is -14.4. The Morgan fingerprint density at radius 1 is 0.458 bits per heavy atom. The normalized spacial score (nSPS) is 20.6. The zero-order valence-corrected chi connectivity index (χ0v) is 66.7. The highest BCUT2D eigenvalue weighted by Gasteiger charge is 2.57. The van der Waals surface area contributed by atoms with E-state index in [1.54, 1.807) is 0 Å². The number of alkyl halides is 8. The monoisotopic (exact) mass is 1660 g/mol. The Balaban J connectivity index is 0.762. The molecule has 3 heterocycles. The second kappa shape index (κ2) is 35.4. The Labute approximate surface area is 674 Å². The van der Waals surface area contributed by atoms with Gasteiger partial charge in [0, 0.05) is 24.6 Å². The second-order valence-electron chi connectivity index (χ2n) is 33.9. The van der Waals surface area contributed by atoms with Crippen LogP contribution in [0.4, 0.5) is 65.4 Å². The van der Waals surface area contributed by atoms with E-state index < -0.39 is 168 Å². The van der Waals surface area contributed by atoms with Crippen LogP contribution in [-0.2, 0) is 34.2 Å². The number of hydrogen-bond donors (Lipinski definition) is 9. The minimum atomic E-state index is -4.76. The standard InChI is InChI=1S/C83H100F11N15O9/c1-39(2)107-62(24-27-97-107)74(112)105-70(78(116)101-59-21-18-49(34-56(59)84)42(5)72(110)95-37-65(87)88)67(47-14-15-47)54-32-51(54)31-41(4)109-64(26-29-99-109)76(114)106-71(79(117)102-60-22-19-50(35-57(60)85)43(6)73(111)100-44(7)83(92,93)94)68(48-16-17-48)55-33-52(55)30-40(3)108-63(25-28-98-108)75(113)104-69(66(45-10-11-45)46-12-13-46)77(115)103-61-23-20-53(36-58(61)86)81(8,9)80(118)96-38-82(89,90)91/h18-29,34-36,39-48,51-52,54-55,65-71H,10-17,30-33,37-38H2,1-9H3,(H,95,110)(H,96,118)(H,100,111)(H,101,116)(H,102,117)(H,103,115)(H,104,113)(H,105,112)(H,106,114)/t40?,41?,42-,43-,44+,51?,52?,54?,55?,67?,68?,69-,70-,71-/m0/s1. The highest BCUT2D eigenvalue weighted by atomic mass is 19.4. The van der Waals surface area contributed by atoms with E-state index in [1.807, 2.05) is 38.3 Å². The van der Waals surface area contributed by atoms with Crippen LogP contribution < -0.4 is 47.9 Å². The third-order valence-corrected chi connectivity index (χ3v) is 24.3. The van der Waals surface area contributed by atoms with E-state index in [-0.39, 0.29) is 110 Å². The van der Waals surface area contributed by atoms with Gasteiger partial charge >= 0.3 is 12.4 Å². The van der Waals surface area contributed by atoms with Crippen LogP contribution in [0.5, 0.6) is 0 Å². The Kier molecular flexibility index (Phi) is 26.1. The quantitative estimate of drug-likeness (QED) is 0.0163. The van der Waals surface area contributed by atoms with Crippen LogP contribution in [0.15, 0.2) is 91.4 Å². The summed E-state index contributed by atoms with van der Waals surface area (Å²) in [6, 6.07) is 7.80. The number of aromatic nitrogens is 6. The minimum Gasteiger partial charge on any atom is -0.350 e. The lowest BCUT2D eigenvalue weighted by Crippen LogP contribution is -2.50. The van der Waals surface area contributed by atoms with E-state index in [0.29, 0.717) is 51.4 Å². The Hall–Kier alpha value is -10.3. The van der Waals surface area contributed by atoms with Gasteiger partial charge < -0.3 is 47.9 Å². The summed E-state index contributed by atoms with van der Waals surface area (Å²) in [7, 11) is 0. The maximum atomic E-state index is 16.4. The lowest BCUT2D eigenvalue weighted by molar-refractivity contribution is -0.158. The van der Waals surface area contributed by atoms with Gasteiger partial charge in [0.2, 0.25) is 35.4 Å². The summed E-state index contributed by atoms with van der Waals surface area (Å²) in [6.45, 7) is 11.0. The number of amides is 9. The fraction of sp³-hybridized carbons (Fsp3) is 0.566. The van der Waals surface area contributed by atoms with Crippen molar-refractivity contribution in [3.8, 4) is 0 Å². The van der Waals surface area contributed by atoms with E-state index in [2.05, 4.69) is 52.5 Å². The van der Waals surface area contributed by atoms with Gasteiger partial charge in [-0.1, -0.05) is 18.2 Å². The van der Waals surface area contributed by atoms with Crippen molar-refractivity contribution in [2.75, 3.05) is 29.0 Å². The molecule has 14 atom stereocenters. The van der Waals surface area contributed by atoms with Crippen LogP contribution in [0.1, 0.15) is 217 Å². The maximum absolute atomic E-state index is 16.4.